The minimum Gasteiger partial charge on any atom is -0.442 e. The summed E-state index contributed by atoms with van der Waals surface area (Å²) < 4.78 is 37.5. The van der Waals surface area contributed by atoms with Crippen molar-refractivity contribution in [1.82, 2.24) is 10.6 Å². The van der Waals surface area contributed by atoms with E-state index in [1.165, 1.54) is 41.4 Å². The number of rotatable bonds is 13. The first-order valence-corrected chi connectivity index (χ1v) is 17.2. The summed E-state index contributed by atoms with van der Waals surface area (Å²) in [6.07, 6.45) is -0.674. The van der Waals surface area contributed by atoms with Gasteiger partial charge in [0, 0.05) is 30.5 Å². The molecule has 1 aliphatic heterocycles. The molecule has 14 nitrogen and oxygen atoms in total. The summed E-state index contributed by atoms with van der Waals surface area (Å²) >= 11 is 5.19. The molecule has 1 aliphatic rings. The lowest BCUT2D eigenvalue weighted by Crippen LogP contribution is -2.36. The maximum Gasteiger partial charge on any atom is 0.593 e. The van der Waals surface area contributed by atoms with Crippen molar-refractivity contribution in [2.24, 2.45) is 11.5 Å². The number of carbonyl (C=O) groups excluding carboxylic acids is 1. The van der Waals surface area contributed by atoms with Crippen LogP contribution in [0.3, 0.4) is 0 Å². The normalized spacial score (nSPS) is 16.8. The molecule has 0 aliphatic carbocycles. The van der Waals surface area contributed by atoms with Gasteiger partial charge in [-0.15, -0.1) is 0 Å². The van der Waals surface area contributed by atoms with Crippen molar-refractivity contribution in [3.8, 4) is 16.9 Å². The van der Waals surface area contributed by atoms with Gasteiger partial charge in [0.05, 0.1) is 25.2 Å². The number of anilines is 1. The first kappa shape index (κ1) is 36.0. The van der Waals surface area contributed by atoms with Crippen molar-refractivity contribution in [2.45, 2.75) is 24.2 Å². The SMILES string of the molecule is N/C=C(\N)CNCc1ccc(-c2ccc(N3C[C@H](CNC(=S)Oc4ccc(CC(O)([P+](=O)O)[P+](O)(O)O)cc4)OC3=O)cc2F)cc1. The van der Waals surface area contributed by atoms with Gasteiger partial charge in [0.2, 0.25) is 0 Å². The fraction of sp³-hybridized carbons (Fsp3) is 0.241. The van der Waals surface area contributed by atoms with E-state index < -0.39 is 45.5 Å². The van der Waals surface area contributed by atoms with Crippen LogP contribution in [0.25, 0.3) is 11.1 Å². The fourth-order valence-electron chi connectivity index (χ4n) is 4.53. The van der Waals surface area contributed by atoms with Crippen LogP contribution >= 0.6 is 28.2 Å². The Labute approximate surface area is 275 Å². The lowest BCUT2D eigenvalue weighted by molar-refractivity contribution is 0.138. The molecule has 4 rings (SSSR count). The largest absolute Gasteiger partial charge is 0.593 e. The monoisotopic (exact) mass is 709 g/mol. The Hall–Kier alpha value is -3.82. The molecule has 18 heteroatoms. The predicted molar refractivity (Wildman–Crippen MR) is 177 cm³/mol. The number of benzene rings is 3. The number of cyclic esters (lactones) is 1. The van der Waals surface area contributed by atoms with E-state index in [0.717, 1.165) is 5.56 Å². The highest BCUT2D eigenvalue weighted by Crippen LogP contribution is 2.66. The van der Waals surface area contributed by atoms with Crippen molar-refractivity contribution in [3.63, 3.8) is 0 Å². The maximum absolute atomic E-state index is 15.2. The Morgan fingerprint density at radius 2 is 1.81 bits per heavy atom. The third-order valence-electron chi connectivity index (χ3n) is 7.11. The second-order valence-electron chi connectivity index (χ2n) is 10.5. The van der Waals surface area contributed by atoms with E-state index in [1.54, 1.807) is 24.3 Å². The van der Waals surface area contributed by atoms with E-state index in [4.69, 9.17) is 33.2 Å². The van der Waals surface area contributed by atoms with Crippen LogP contribution in [0.15, 0.2) is 78.6 Å². The summed E-state index contributed by atoms with van der Waals surface area (Å²) in [4.78, 5) is 51.4. The van der Waals surface area contributed by atoms with Gasteiger partial charge in [-0.1, -0.05) is 36.4 Å². The standard InChI is InChI=1S/C29H32FN5O9P2S/c30-26-11-22(7-10-25(26)20-5-1-19(2-6-20)14-33-15-21(32)13-31)35-17-24(44-28(35)36)16-34-27(47)43-23-8-3-18(4-9-23)12-29(37,45(38)39)46(40,41)42/h1-11,13,24,33,37,40-42H,12,14-17,31-32H2/p+2/b21-13-/t24-,29?/m0/s1. The van der Waals surface area contributed by atoms with E-state index in [1.807, 2.05) is 12.1 Å². The summed E-state index contributed by atoms with van der Waals surface area (Å²) in [6.45, 7) is 1.21. The second kappa shape index (κ2) is 15.4. The molecule has 0 bridgehead atoms. The number of hydrogen-bond acceptors (Lipinski definition) is 12. The average Bonchev–Trinajstić information content (AvgIpc) is 3.40. The Morgan fingerprint density at radius 1 is 1.15 bits per heavy atom. The minimum absolute atomic E-state index is 0.0677. The van der Waals surface area contributed by atoms with Crippen LogP contribution in [0.2, 0.25) is 0 Å². The molecular formula is C29H34FN5O9P2S+2. The summed E-state index contributed by atoms with van der Waals surface area (Å²) in [5.74, 6) is -0.276. The van der Waals surface area contributed by atoms with Gasteiger partial charge in [-0.2, -0.15) is 19.6 Å². The zero-order chi connectivity index (χ0) is 34.4. The summed E-state index contributed by atoms with van der Waals surface area (Å²) in [7, 11) is -8.63. The molecule has 0 radical (unpaired) electrons. The predicted octanol–water partition coefficient (Wildman–Crippen LogP) is 2.28. The van der Waals surface area contributed by atoms with Gasteiger partial charge in [-0.3, -0.25) is 4.90 Å². The van der Waals surface area contributed by atoms with Gasteiger partial charge in [0.25, 0.3) is 5.17 Å². The number of ether oxygens (including phenoxy) is 2. The van der Waals surface area contributed by atoms with Gasteiger partial charge >= 0.3 is 27.1 Å². The third-order valence-corrected chi connectivity index (χ3v) is 10.5. The summed E-state index contributed by atoms with van der Waals surface area (Å²) in [5.41, 5.74) is 14.1. The molecule has 11 N–H and O–H groups in total. The van der Waals surface area contributed by atoms with E-state index in [0.29, 0.717) is 35.6 Å². The Balaban J connectivity index is 1.28. The van der Waals surface area contributed by atoms with Crippen molar-refractivity contribution >= 4 is 45.1 Å². The number of hydrogen-bond donors (Lipinski definition) is 9. The Kier molecular flexibility index (Phi) is 11.8. The number of amides is 1. The summed E-state index contributed by atoms with van der Waals surface area (Å²) in [6, 6.07) is 17.4. The number of thiocarbonyl (C=S) groups is 1. The molecule has 0 aromatic heterocycles. The molecule has 1 saturated heterocycles. The number of nitrogens with two attached hydrogens (primary N) is 2. The Morgan fingerprint density at radius 3 is 2.40 bits per heavy atom. The molecule has 1 fully saturated rings. The van der Waals surface area contributed by atoms with Crippen LogP contribution in [0.1, 0.15) is 11.1 Å². The molecule has 2 unspecified atom stereocenters. The quantitative estimate of drug-likeness (QED) is 0.0916. The molecule has 1 heterocycles. The van der Waals surface area contributed by atoms with E-state index in [2.05, 4.69) is 10.6 Å². The molecular weight excluding hydrogens is 675 g/mol. The summed E-state index contributed by atoms with van der Waals surface area (Å²) in [5, 5.41) is 13.0. The number of carbonyl (C=O) groups is 1. The molecule has 3 aromatic carbocycles. The molecule has 3 atom stereocenters. The smallest absolute Gasteiger partial charge is 0.442 e. The van der Waals surface area contributed by atoms with Crippen LogP contribution in [-0.4, -0.2) is 66.8 Å². The highest BCUT2D eigenvalue weighted by Gasteiger charge is 2.73. The number of aliphatic hydroxyl groups is 1. The number of halogens is 1. The highest BCUT2D eigenvalue weighted by molar-refractivity contribution is 7.80. The highest BCUT2D eigenvalue weighted by atomic mass is 32.1. The third kappa shape index (κ3) is 9.17. The zero-order valence-electron chi connectivity index (χ0n) is 24.7. The fourth-order valence-corrected chi connectivity index (χ4v) is 6.35. The molecule has 0 saturated carbocycles. The number of nitrogens with zero attached hydrogens (tertiary/aromatic N) is 1. The lowest BCUT2D eigenvalue weighted by atomic mass is 10.0. The van der Waals surface area contributed by atoms with Gasteiger partial charge in [0.1, 0.15) is 17.7 Å². The van der Waals surface area contributed by atoms with Crippen molar-refractivity contribution in [1.29, 1.82) is 0 Å². The topological polar surface area (TPSA) is 233 Å². The van der Waals surface area contributed by atoms with Crippen LogP contribution in [-0.2, 0) is 22.3 Å². The Bertz CT molecular complexity index is 1640. The zero-order valence-corrected chi connectivity index (χ0v) is 27.3. The molecule has 1 amide bonds. The van der Waals surface area contributed by atoms with Crippen LogP contribution in [0, 0.1) is 5.82 Å². The van der Waals surface area contributed by atoms with Crippen LogP contribution in [0.4, 0.5) is 14.9 Å². The number of nitrogens with one attached hydrogen (secondary N) is 2. The van der Waals surface area contributed by atoms with Crippen molar-refractivity contribution in [3.05, 3.63) is 95.6 Å². The van der Waals surface area contributed by atoms with Crippen molar-refractivity contribution in [2.75, 3.05) is 24.5 Å². The molecule has 0 spiro atoms. The minimum atomic E-state index is -5.07. The van der Waals surface area contributed by atoms with Gasteiger partial charge in [0.15, 0.2) is 0 Å². The van der Waals surface area contributed by atoms with E-state index in [9.17, 15) is 34.0 Å². The van der Waals surface area contributed by atoms with E-state index >= 15 is 4.39 Å². The average molecular weight is 710 g/mol. The van der Waals surface area contributed by atoms with Gasteiger partial charge in [-0.05, 0) is 63.8 Å². The van der Waals surface area contributed by atoms with Crippen molar-refractivity contribution < 1.29 is 47.9 Å². The maximum atomic E-state index is 15.2. The van der Waals surface area contributed by atoms with Crippen LogP contribution in [0.5, 0.6) is 5.75 Å². The lowest BCUT2D eigenvalue weighted by Gasteiger charge is -2.16. The van der Waals surface area contributed by atoms with E-state index in [-0.39, 0.29) is 29.6 Å². The second-order valence-corrected chi connectivity index (χ2v) is 14.4. The molecule has 47 heavy (non-hydrogen) atoms. The molecule has 250 valence electrons. The van der Waals surface area contributed by atoms with Gasteiger partial charge < -0.3 is 36.7 Å². The molecule has 3 aromatic rings. The van der Waals surface area contributed by atoms with Crippen LogP contribution < -0.4 is 31.7 Å². The first-order valence-electron chi connectivity index (χ1n) is 13.9. The van der Waals surface area contributed by atoms with Gasteiger partial charge in [-0.25, -0.2) is 9.18 Å². The first-order chi connectivity index (χ1) is 22.2.